The number of hydrogen-bond acceptors (Lipinski definition) is 1. The van der Waals surface area contributed by atoms with Gasteiger partial charge < -0.3 is 4.79 Å². The fourth-order valence-electron chi connectivity index (χ4n) is 3.38. The van der Waals surface area contributed by atoms with E-state index in [-0.39, 0.29) is 0 Å². The molecular formula is C22H43ClO. The Bertz CT molecular complexity index is 242. The number of halogens is 1. The molecule has 0 aromatic carbocycles. The number of carbonyl (C=O) groups excluding carboxylic acids is 1. The molecule has 0 bridgehead atoms. The molecule has 1 nitrogen and oxygen atoms in total. The molecule has 2 heteroatoms. The highest BCUT2D eigenvalue weighted by atomic mass is 35.5. The van der Waals surface area contributed by atoms with E-state index in [9.17, 15) is 4.79 Å². The maximum Gasteiger partial charge on any atom is 0.123 e. The van der Waals surface area contributed by atoms with Gasteiger partial charge in [-0.3, -0.25) is 0 Å². The van der Waals surface area contributed by atoms with Gasteiger partial charge in [-0.2, -0.15) is 0 Å². The van der Waals surface area contributed by atoms with Crippen molar-refractivity contribution in [1.29, 1.82) is 0 Å². The zero-order chi connectivity index (χ0) is 17.7. The Labute approximate surface area is 157 Å². The summed E-state index contributed by atoms with van der Waals surface area (Å²) < 4.78 is 0. The quantitative estimate of drug-likeness (QED) is 0.122. The highest BCUT2D eigenvalue weighted by molar-refractivity contribution is 6.17. The van der Waals surface area contributed by atoms with Crippen molar-refractivity contribution >= 4 is 17.9 Å². The van der Waals surface area contributed by atoms with Crippen LogP contribution in [0.3, 0.4) is 0 Å². The Morgan fingerprint density at radius 3 is 1.38 bits per heavy atom. The molecule has 1 atom stereocenters. The lowest BCUT2D eigenvalue weighted by Gasteiger charge is -2.09. The molecule has 0 rings (SSSR count). The fourth-order valence-corrected chi connectivity index (χ4v) is 3.57. The predicted octanol–water partition coefficient (Wildman–Crippen LogP) is 8.08. The molecule has 0 aromatic rings. The molecule has 0 aliphatic carbocycles. The summed E-state index contributed by atoms with van der Waals surface area (Å²) in [6.45, 7) is 2.28. The second-order valence-electron chi connectivity index (χ2n) is 7.47. The van der Waals surface area contributed by atoms with Crippen LogP contribution in [0.4, 0.5) is 0 Å². The minimum Gasteiger partial charge on any atom is -0.303 e. The van der Waals surface area contributed by atoms with Gasteiger partial charge in [-0.1, -0.05) is 103 Å². The maximum absolute atomic E-state index is 11.1. The van der Waals surface area contributed by atoms with Crippen LogP contribution in [0.2, 0.25) is 0 Å². The third-order valence-electron chi connectivity index (χ3n) is 5.08. The van der Waals surface area contributed by atoms with Crippen molar-refractivity contribution < 1.29 is 4.79 Å². The van der Waals surface area contributed by atoms with Gasteiger partial charge in [-0.15, -0.1) is 11.6 Å². The van der Waals surface area contributed by atoms with Crippen molar-refractivity contribution in [1.82, 2.24) is 0 Å². The molecule has 0 fully saturated rings. The molecule has 0 aromatic heterocycles. The van der Waals surface area contributed by atoms with Crippen LogP contribution in [0.1, 0.15) is 122 Å². The van der Waals surface area contributed by atoms with Gasteiger partial charge in [0.15, 0.2) is 0 Å². The van der Waals surface area contributed by atoms with E-state index in [1.165, 1.54) is 103 Å². The van der Waals surface area contributed by atoms with Crippen LogP contribution < -0.4 is 0 Å². The van der Waals surface area contributed by atoms with Gasteiger partial charge >= 0.3 is 0 Å². The summed E-state index contributed by atoms with van der Waals surface area (Å²) in [5.41, 5.74) is 0. The number of rotatable bonds is 20. The summed E-state index contributed by atoms with van der Waals surface area (Å²) in [5, 5.41) is 0. The molecule has 0 radical (unpaired) electrons. The van der Waals surface area contributed by atoms with Crippen LogP contribution >= 0.6 is 11.6 Å². The van der Waals surface area contributed by atoms with Crippen LogP contribution in [0.15, 0.2) is 0 Å². The average Bonchev–Trinajstić information content (AvgIpc) is 2.60. The van der Waals surface area contributed by atoms with E-state index in [2.05, 4.69) is 6.92 Å². The highest BCUT2D eigenvalue weighted by Crippen LogP contribution is 2.17. The third-order valence-corrected chi connectivity index (χ3v) is 5.35. The van der Waals surface area contributed by atoms with Crippen molar-refractivity contribution in [3.05, 3.63) is 0 Å². The topological polar surface area (TPSA) is 17.1 Å². The number of aldehydes is 1. The Kier molecular flexibility index (Phi) is 21.0. The van der Waals surface area contributed by atoms with E-state index in [0.717, 1.165) is 25.1 Å². The van der Waals surface area contributed by atoms with Crippen molar-refractivity contribution in [2.45, 2.75) is 122 Å². The summed E-state index contributed by atoms with van der Waals surface area (Å²) in [7, 11) is 0. The van der Waals surface area contributed by atoms with Gasteiger partial charge in [0, 0.05) is 11.8 Å². The Morgan fingerprint density at radius 1 is 0.625 bits per heavy atom. The van der Waals surface area contributed by atoms with E-state index < -0.39 is 0 Å². The summed E-state index contributed by atoms with van der Waals surface area (Å²) in [6, 6.07) is 0. The summed E-state index contributed by atoms with van der Waals surface area (Å²) in [6.07, 6.45) is 24.8. The minimum atomic E-state index is 0.309. The van der Waals surface area contributed by atoms with Crippen molar-refractivity contribution in [2.24, 2.45) is 5.92 Å². The molecule has 0 N–H and O–H groups in total. The number of carbonyl (C=O) groups is 1. The lowest BCUT2D eigenvalue weighted by molar-refractivity contribution is -0.111. The van der Waals surface area contributed by atoms with E-state index in [1.807, 2.05) is 0 Å². The highest BCUT2D eigenvalue weighted by Gasteiger charge is 2.06. The molecule has 0 aliphatic rings. The minimum absolute atomic E-state index is 0.309. The van der Waals surface area contributed by atoms with Crippen molar-refractivity contribution in [2.75, 3.05) is 5.88 Å². The van der Waals surface area contributed by atoms with Crippen LogP contribution in [0, 0.1) is 5.92 Å². The molecule has 0 saturated heterocycles. The van der Waals surface area contributed by atoms with Gasteiger partial charge in [0.2, 0.25) is 0 Å². The van der Waals surface area contributed by atoms with E-state index in [1.54, 1.807) is 0 Å². The maximum atomic E-state index is 11.1. The first kappa shape index (κ1) is 24.0. The lowest BCUT2D eigenvalue weighted by Crippen LogP contribution is -2.02. The second-order valence-corrected chi connectivity index (χ2v) is 7.84. The van der Waals surface area contributed by atoms with Crippen LogP contribution in [-0.4, -0.2) is 12.2 Å². The smallest absolute Gasteiger partial charge is 0.123 e. The summed E-state index contributed by atoms with van der Waals surface area (Å²) >= 11 is 5.68. The molecule has 24 heavy (non-hydrogen) atoms. The van der Waals surface area contributed by atoms with Crippen LogP contribution in [-0.2, 0) is 4.79 Å². The lowest BCUT2D eigenvalue weighted by atomic mass is 9.95. The SMILES string of the molecule is CCCCCCCCCCCCCCC(C=O)CCCCCCCl. The number of hydrogen-bond donors (Lipinski definition) is 0. The van der Waals surface area contributed by atoms with Crippen LogP contribution in [0.25, 0.3) is 0 Å². The average molecular weight is 359 g/mol. The first-order chi connectivity index (χ1) is 11.8. The van der Waals surface area contributed by atoms with Gasteiger partial charge in [0.1, 0.15) is 6.29 Å². The molecule has 0 heterocycles. The Balaban J connectivity index is 3.24. The van der Waals surface area contributed by atoms with Crippen molar-refractivity contribution in [3.8, 4) is 0 Å². The predicted molar refractivity (Wildman–Crippen MR) is 109 cm³/mol. The van der Waals surface area contributed by atoms with Gasteiger partial charge in [0.05, 0.1) is 0 Å². The molecule has 0 aliphatic heterocycles. The molecular weight excluding hydrogens is 316 g/mol. The van der Waals surface area contributed by atoms with E-state index >= 15 is 0 Å². The molecule has 1 unspecified atom stereocenters. The monoisotopic (exact) mass is 358 g/mol. The largest absolute Gasteiger partial charge is 0.303 e. The zero-order valence-corrected chi connectivity index (χ0v) is 17.1. The standard InChI is InChI=1S/C22H43ClO/c1-2-3-4-5-6-7-8-9-10-11-12-15-18-22(21-24)19-16-13-14-17-20-23/h21-22H,2-20H2,1H3. The third kappa shape index (κ3) is 18.3. The van der Waals surface area contributed by atoms with E-state index in [0.29, 0.717) is 5.92 Å². The molecule has 144 valence electrons. The normalized spacial score (nSPS) is 12.4. The van der Waals surface area contributed by atoms with Gasteiger partial charge in [-0.25, -0.2) is 0 Å². The summed E-state index contributed by atoms with van der Waals surface area (Å²) in [5.74, 6) is 1.08. The Morgan fingerprint density at radius 2 is 1.00 bits per heavy atom. The second kappa shape index (κ2) is 21.0. The number of alkyl halides is 1. The van der Waals surface area contributed by atoms with Gasteiger partial charge in [0.25, 0.3) is 0 Å². The molecule has 0 spiro atoms. The first-order valence-corrected chi connectivity index (χ1v) is 11.4. The first-order valence-electron chi connectivity index (χ1n) is 10.9. The molecule has 0 saturated carbocycles. The van der Waals surface area contributed by atoms with Crippen molar-refractivity contribution in [3.63, 3.8) is 0 Å². The Hall–Kier alpha value is -0.0400. The number of unbranched alkanes of at least 4 members (excludes halogenated alkanes) is 14. The zero-order valence-electron chi connectivity index (χ0n) is 16.4. The molecule has 0 amide bonds. The summed E-state index contributed by atoms with van der Waals surface area (Å²) in [4.78, 5) is 11.1. The fraction of sp³-hybridized carbons (Fsp3) is 0.955. The van der Waals surface area contributed by atoms with Gasteiger partial charge in [-0.05, 0) is 19.3 Å². The van der Waals surface area contributed by atoms with E-state index in [4.69, 9.17) is 11.6 Å². The van der Waals surface area contributed by atoms with Crippen LogP contribution in [0.5, 0.6) is 0 Å².